The Bertz CT molecular complexity index is 1040. The van der Waals surface area contributed by atoms with E-state index in [0.29, 0.717) is 11.5 Å². The maximum absolute atomic E-state index is 13.1. The number of hydrogen-bond donors (Lipinski definition) is 2. The van der Waals surface area contributed by atoms with Gasteiger partial charge in [-0.25, -0.2) is 14.6 Å². The predicted molar refractivity (Wildman–Crippen MR) is 103 cm³/mol. The van der Waals surface area contributed by atoms with Gasteiger partial charge in [-0.05, 0) is 58.7 Å². The second-order valence-corrected chi connectivity index (χ2v) is 8.06. The lowest BCUT2D eigenvalue weighted by Gasteiger charge is -2.20. The van der Waals surface area contributed by atoms with E-state index in [2.05, 4.69) is 36.2 Å². The first-order chi connectivity index (χ1) is 12.8. The number of aryl methyl sites for hydroxylation is 1. The summed E-state index contributed by atoms with van der Waals surface area (Å²) in [6, 6.07) is 4.96. The summed E-state index contributed by atoms with van der Waals surface area (Å²) >= 11 is 0. The Morgan fingerprint density at radius 2 is 2.07 bits per heavy atom. The largest absolute Gasteiger partial charge is 0.504 e. The van der Waals surface area contributed by atoms with E-state index in [4.69, 9.17) is 4.98 Å². The molecule has 0 aliphatic heterocycles. The molecule has 1 aliphatic carbocycles. The average molecular weight is 365 g/mol. The summed E-state index contributed by atoms with van der Waals surface area (Å²) in [6.07, 6.45) is 3.70. The number of nitrogens with zero attached hydrogens (tertiary/aromatic N) is 4. The Morgan fingerprint density at radius 1 is 1.33 bits per heavy atom. The van der Waals surface area contributed by atoms with E-state index in [1.807, 2.05) is 17.7 Å². The minimum Gasteiger partial charge on any atom is -0.504 e. The fraction of sp³-hybridized carbons (Fsp3) is 0.400. The Hall–Kier alpha value is -2.96. The smallest absolute Gasteiger partial charge is 0.257 e. The number of aromatic hydroxyl groups is 1. The fourth-order valence-corrected chi connectivity index (χ4v) is 3.21. The molecule has 3 heterocycles. The molecule has 0 spiro atoms. The van der Waals surface area contributed by atoms with Crippen LogP contribution in [0.25, 0.3) is 11.0 Å². The Kier molecular flexibility index (Phi) is 3.91. The van der Waals surface area contributed by atoms with Crippen LogP contribution in [0, 0.1) is 6.92 Å². The molecule has 0 saturated heterocycles. The van der Waals surface area contributed by atoms with Crippen molar-refractivity contribution in [3.63, 3.8) is 0 Å². The lowest BCUT2D eigenvalue weighted by atomic mass is 10.1. The number of anilines is 1. The van der Waals surface area contributed by atoms with Crippen molar-refractivity contribution in [2.24, 2.45) is 0 Å². The number of hydrogen-bond acceptors (Lipinski definition) is 5. The molecule has 1 aliphatic rings. The average Bonchev–Trinajstić information content (AvgIpc) is 3.39. The van der Waals surface area contributed by atoms with E-state index < -0.39 is 0 Å². The van der Waals surface area contributed by atoms with E-state index in [9.17, 15) is 9.90 Å². The number of aromatic nitrogens is 4. The standard InChI is InChI=1S/C20H23N5O2/c1-11-16-13(19(27)23-17-15(26)6-5-9-21-17)10-14(12-7-8-12)22-18(16)25(24-11)20(2,3)4/h5-6,9-10,12,26H,7-8H2,1-4H3,(H,21,23,27). The third-order valence-corrected chi connectivity index (χ3v) is 4.73. The van der Waals surface area contributed by atoms with Crippen LogP contribution in [0.4, 0.5) is 5.82 Å². The first-order valence-corrected chi connectivity index (χ1v) is 9.12. The van der Waals surface area contributed by atoms with Crippen molar-refractivity contribution in [3.05, 3.63) is 41.3 Å². The van der Waals surface area contributed by atoms with Crippen molar-refractivity contribution in [3.8, 4) is 5.75 Å². The number of rotatable bonds is 3. The lowest BCUT2D eigenvalue weighted by molar-refractivity contribution is 0.102. The highest BCUT2D eigenvalue weighted by Gasteiger charge is 2.30. The number of carbonyl (C=O) groups excluding carboxylic acids is 1. The molecule has 0 aromatic carbocycles. The number of pyridine rings is 2. The van der Waals surface area contributed by atoms with Gasteiger partial charge >= 0.3 is 0 Å². The number of fused-ring (bicyclic) bond motifs is 1. The molecule has 3 aromatic heterocycles. The maximum atomic E-state index is 13.1. The quantitative estimate of drug-likeness (QED) is 0.738. The van der Waals surface area contributed by atoms with Crippen molar-refractivity contribution >= 4 is 22.8 Å². The number of amides is 1. The van der Waals surface area contributed by atoms with Crippen molar-refractivity contribution in [2.75, 3.05) is 5.32 Å². The van der Waals surface area contributed by atoms with Crippen LogP contribution in [0.1, 0.15) is 61.3 Å². The van der Waals surface area contributed by atoms with E-state index in [1.165, 1.54) is 12.3 Å². The highest BCUT2D eigenvalue weighted by molar-refractivity contribution is 6.12. The second-order valence-electron chi connectivity index (χ2n) is 8.06. The third kappa shape index (κ3) is 3.13. The van der Waals surface area contributed by atoms with Gasteiger partial charge in [0.2, 0.25) is 0 Å². The fourth-order valence-electron chi connectivity index (χ4n) is 3.21. The normalized spacial score (nSPS) is 14.5. The first-order valence-electron chi connectivity index (χ1n) is 9.12. The highest BCUT2D eigenvalue weighted by Crippen LogP contribution is 2.41. The molecular formula is C20H23N5O2. The second kappa shape index (κ2) is 6.04. The molecule has 1 saturated carbocycles. The minimum atomic E-state index is -0.324. The SMILES string of the molecule is Cc1nn(C(C)(C)C)c2nc(C3CC3)cc(C(=O)Nc3ncccc3O)c12. The van der Waals surface area contributed by atoms with Crippen molar-refractivity contribution in [2.45, 2.75) is 52.0 Å². The van der Waals surface area contributed by atoms with Gasteiger partial charge in [0.05, 0.1) is 22.2 Å². The van der Waals surface area contributed by atoms with Gasteiger partial charge in [-0.2, -0.15) is 5.10 Å². The summed E-state index contributed by atoms with van der Waals surface area (Å²) in [4.78, 5) is 21.9. The summed E-state index contributed by atoms with van der Waals surface area (Å²) in [5.74, 6) is 0.143. The molecule has 27 heavy (non-hydrogen) atoms. The van der Waals surface area contributed by atoms with Crippen molar-refractivity contribution < 1.29 is 9.90 Å². The van der Waals surface area contributed by atoms with Crippen LogP contribution in [-0.4, -0.2) is 30.8 Å². The zero-order chi connectivity index (χ0) is 19.3. The van der Waals surface area contributed by atoms with Crippen LogP contribution in [0.5, 0.6) is 5.75 Å². The molecule has 4 rings (SSSR count). The molecule has 2 N–H and O–H groups in total. The molecule has 140 valence electrons. The number of nitrogens with one attached hydrogen (secondary N) is 1. The zero-order valence-corrected chi connectivity index (χ0v) is 15.9. The summed E-state index contributed by atoms with van der Waals surface area (Å²) < 4.78 is 1.89. The van der Waals surface area contributed by atoms with Gasteiger partial charge in [0.15, 0.2) is 17.2 Å². The Balaban J connectivity index is 1.87. The summed E-state index contributed by atoms with van der Waals surface area (Å²) in [7, 11) is 0. The monoisotopic (exact) mass is 365 g/mol. The van der Waals surface area contributed by atoms with Gasteiger partial charge in [-0.3, -0.25) is 4.79 Å². The van der Waals surface area contributed by atoms with Gasteiger partial charge < -0.3 is 10.4 Å². The van der Waals surface area contributed by atoms with Gasteiger partial charge in [-0.15, -0.1) is 0 Å². The molecular weight excluding hydrogens is 342 g/mol. The van der Waals surface area contributed by atoms with Gasteiger partial charge in [0.25, 0.3) is 5.91 Å². The summed E-state index contributed by atoms with van der Waals surface area (Å²) in [5.41, 5.74) is 2.66. The van der Waals surface area contributed by atoms with Gasteiger partial charge in [0, 0.05) is 17.8 Å². The molecule has 7 heteroatoms. The lowest BCUT2D eigenvalue weighted by Crippen LogP contribution is -2.24. The van der Waals surface area contributed by atoms with E-state index >= 15 is 0 Å². The number of carbonyl (C=O) groups is 1. The van der Waals surface area contributed by atoms with Crippen LogP contribution in [0.2, 0.25) is 0 Å². The summed E-state index contributed by atoms with van der Waals surface area (Å²) in [5, 5.41) is 18.0. The molecule has 0 bridgehead atoms. The Labute approximate surface area is 157 Å². The molecule has 0 unspecified atom stereocenters. The first kappa shape index (κ1) is 17.5. The van der Waals surface area contributed by atoms with Crippen LogP contribution in [0.3, 0.4) is 0 Å². The Morgan fingerprint density at radius 3 is 2.70 bits per heavy atom. The van der Waals surface area contributed by atoms with E-state index in [0.717, 1.165) is 35.3 Å². The molecule has 7 nitrogen and oxygen atoms in total. The molecule has 0 atom stereocenters. The molecule has 1 amide bonds. The summed E-state index contributed by atoms with van der Waals surface area (Å²) in [6.45, 7) is 8.08. The van der Waals surface area contributed by atoms with E-state index in [-0.39, 0.29) is 23.0 Å². The zero-order valence-electron chi connectivity index (χ0n) is 15.9. The third-order valence-electron chi connectivity index (χ3n) is 4.73. The van der Waals surface area contributed by atoms with Crippen molar-refractivity contribution in [1.29, 1.82) is 0 Å². The predicted octanol–water partition coefficient (Wildman–Crippen LogP) is 3.73. The van der Waals surface area contributed by atoms with Crippen LogP contribution < -0.4 is 5.32 Å². The van der Waals surface area contributed by atoms with Gasteiger partial charge in [-0.1, -0.05) is 0 Å². The molecule has 3 aromatic rings. The molecule has 0 radical (unpaired) electrons. The van der Waals surface area contributed by atoms with Crippen LogP contribution in [-0.2, 0) is 5.54 Å². The maximum Gasteiger partial charge on any atom is 0.257 e. The van der Waals surface area contributed by atoms with Crippen LogP contribution in [0.15, 0.2) is 24.4 Å². The topological polar surface area (TPSA) is 92.9 Å². The van der Waals surface area contributed by atoms with E-state index in [1.54, 1.807) is 6.07 Å². The van der Waals surface area contributed by atoms with Gasteiger partial charge in [0.1, 0.15) is 0 Å². The minimum absolute atomic E-state index is 0.0688. The van der Waals surface area contributed by atoms with Crippen LogP contribution >= 0.6 is 0 Å². The van der Waals surface area contributed by atoms with Crippen molar-refractivity contribution in [1.82, 2.24) is 19.7 Å². The highest BCUT2D eigenvalue weighted by atomic mass is 16.3. The molecule has 1 fully saturated rings.